The fourth-order valence-corrected chi connectivity index (χ4v) is 6.34. The Morgan fingerprint density at radius 3 is 2.00 bits per heavy atom. The van der Waals surface area contributed by atoms with Crippen LogP contribution in [0.1, 0.15) is 38.5 Å². The summed E-state index contributed by atoms with van der Waals surface area (Å²) in [5.74, 6) is 2.54. The highest BCUT2D eigenvalue weighted by molar-refractivity contribution is 7.89. The van der Waals surface area contributed by atoms with Gasteiger partial charge in [-0.25, -0.2) is 13.1 Å². The first-order chi connectivity index (χ1) is 8.50. The van der Waals surface area contributed by atoms with E-state index in [1.54, 1.807) is 7.05 Å². The summed E-state index contributed by atoms with van der Waals surface area (Å²) >= 11 is 0. The lowest BCUT2D eigenvalue weighted by molar-refractivity contribution is -0.00809. The molecule has 0 aliphatic heterocycles. The topological polar surface area (TPSA) is 58.2 Å². The Bertz CT molecular complexity index is 383. The largest absolute Gasteiger partial charge is 0.319 e. The summed E-state index contributed by atoms with van der Waals surface area (Å²) in [7, 11) is -1.33. The molecule has 0 aromatic heterocycles. The van der Waals surface area contributed by atoms with Gasteiger partial charge in [0.05, 0.1) is 5.75 Å². The standard InChI is InChI=1S/C13H24N2O2S/c1-14-2-3-18(16,17)15-13-7-10-4-11(8-13)6-12(5-10)9-13/h10-12,14-15H,2-9H2,1H3. The molecule has 0 unspecified atom stereocenters. The molecular formula is C13H24N2O2S. The molecule has 4 aliphatic carbocycles. The average molecular weight is 272 g/mol. The van der Waals surface area contributed by atoms with Gasteiger partial charge in [-0.05, 0) is 63.3 Å². The second kappa shape index (κ2) is 4.46. The first-order valence-electron chi connectivity index (χ1n) is 7.16. The van der Waals surface area contributed by atoms with Gasteiger partial charge in [-0.1, -0.05) is 0 Å². The van der Waals surface area contributed by atoms with Crippen molar-refractivity contribution in [3.05, 3.63) is 0 Å². The molecule has 4 bridgehead atoms. The Balaban J connectivity index is 1.72. The van der Waals surface area contributed by atoms with E-state index in [2.05, 4.69) is 10.0 Å². The van der Waals surface area contributed by atoms with Crippen LogP contribution in [-0.2, 0) is 10.0 Å². The lowest BCUT2D eigenvalue weighted by atomic mass is 9.53. The molecule has 0 spiro atoms. The van der Waals surface area contributed by atoms with Crippen molar-refractivity contribution >= 4 is 10.0 Å². The zero-order chi connectivity index (χ0) is 12.8. The average Bonchev–Trinajstić information content (AvgIpc) is 2.22. The molecular weight excluding hydrogens is 248 g/mol. The molecule has 2 N–H and O–H groups in total. The maximum Gasteiger partial charge on any atom is 0.213 e. The van der Waals surface area contributed by atoms with Crippen molar-refractivity contribution in [1.82, 2.24) is 10.0 Å². The molecule has 0 atom stereocenters. The monoisotopic (exact) mass is 272 g/mol. The van der Waals surface area contributed by atoms with Gasteiger partial charge in [0.1, 0.15) is 0 Å². The summed E-state index contributed by atoms with van der Waals surface area (Å²) in [6.45, 7) is 0.529. The van der Waals surface area contributed by atoms with Crippen molar-refractivity contribution in [2.75, 3.05) is 19.3 Å². The Morgan fingerprint density at radius 2 is 1.56 bits per heavy atom. The molecule has 5 heteroatoms. The lowest BCUT2D eigenvalue weighted by Crippen LogP contribution is -2.60. The summed E-state index contributed by atoms with van der Waals surface area (Å²) in [6.07, 6.45) is 7.28. The number of sulfonamides is 1. The maximum absolute atomic E-state index is 12.1. The van der Waals surface area contributed by atoms with Crippen molar-refractivity contribution in [2.45, 2.75) is 44.1 Å². The second-order valence-electron chi connectivity index (χ2n) is 6.72. The van der Waals surface area contributed by atoms with Crippen LogP contribution >= 0.6 is 0 Å². The van der Waals surface area contributed by atoms with Crippen LogP contribution in [0.25, 0.3) is 0 Å². The highest BCUT2D eigenvalue weighted by Gasteiger charge is 2.52. The zero-order valence-electron chi connectivity index (χ0n) is 11.1. The van der Waals surface area contributed by atoms with E-state index in [1.165, 1.54) is 19.3 Å². The van der Waals surface area contributed by atoms with Crippen LogP contribution in [0.15, 0.2) is 0 Å². The summed E-state index contributed by atoms with van der Waals surface area (Å²) in [4.78, 5) is 0. The molecule has 0 saturated heterocycles. The highest BCUT2D eigenvalue weighted by atomic mass is 32.2. The van der Waals surface area contributed by atoms with Crippen LogP contribution in [0.5, 0.6) is 0 Å². The van der Waals surface area contributed by atoms with E-state index < -0.39 is 10.0 Å². The highest BCUT2D eigenvalue weighted by Crippen LogP contribution is 2.55. The quantitative estimate of drug-likeness (QED) is 0.788. The van der Waals surface area contributed by atoms with Crippen LogP contribution < -0.4 is 10.0 Å². The SMILES string of the molecule is CNCCS(=O)(=O)NC12CC3CC(CC(C3)C1)C2. The molecule has 0 radical (unpaired) electrons. The number of hydrogen-bond donors (Lipinski definition) is 2. The van der Waals surface area contributed by atoms with Crippen molar-refractivity contribution in [2.24, 2.45) is 17.8 Å². The number of nitrogens with one attached hydrogen (secondary N) is 2. The minimum Gasteiger partial charge on any atom is -0.319 e. The fourth-order valence-electron chi connectivity index (χ4n) is 4.85. The van der Waals surface area contributed by atoms with Crippen molar-refractivity contribution in [1.29, 1.82) is 0 Å². The van der Waals surface area contributed by atoms with Gasteiger partial charge < -0.3 is 5.32 Å². The Kier molecular flexibility index (Phi) is 3.19. The van der Waals surface area contributed by atoms with Crippen LogP contribution in [0.3, 0.4) is 0 Å². The number of hydrogen-bond acceptors (Lipinski definition) is 3. The minimum absolute atomic E-state index is 0.0820. The Labute approximate surface area is 110 Å². The molecule has 4 saturated carbocycles. The number of rotatable bonds is 5. The van der Waals surface area contributed by atoms with E-state index in [4.69, 9.17) is 0 Å². The molecule has 4 aliphatic rings. The minimum atomic E-state index is -3.12. The molecule has 4 fully saturated rings. The third-order valence-electron chi connectivity index (χ3n) is 5.03. The van der Waals surface area contributed by atoms with Crippen LogP contribution in [0.4, 0.5) is 0 Å². The third-order valence-corrected chi connectivity index (χ3v) is 6.52. The second-order valence-corrected chi connectivity index (χ2v) is 8.56. The van der Waals surface area contributed by atoms with E-state index in [1.807, 2.05) is 0 Å². The molecule has 4 rings (SSSR count). The third kappa shape index (κ3) is 2.45. The molecule has 4 nitrogen and oxygen atoms in total. The van der Waals surface area contributed by atoms with Gasteiger partial charge in [-0.2, -0.15) is 0 Å². The molecule has 18 heavy (non-hydrogen) atoms. The summed E-state index contributed by atoms with van der Waals surface area (Å²) in [5, 5.41) is 2.91. The summed E-state index contributed by atoms with van der Waals surface area (Å²) in [6, 6.07) is 0. The lowest BCUT2D eigenvalue weighted by Gasteiger charge is -2.56. The predicted octanol–water partition coefficient (Wildman–Crippen LogP) is 1.09. The van der Waals surface area contributed by atoms with E-state index in [-0.39, 0.29) is 11.3 Å². The molecule has 0 aromatic carbocycles. The van der Waals surface area contributed by atoms with Gasteiger partial charge in [-0.15, -0.1) is 0 Å². The summed E-state index contributed by atoms with van der Waals surface area (Å²) in [5.41, 5.74) is -0.0820. The molecule has 0 aromatic rings. The van der Waals surface area contributed by atoms with Crippen molar-refractivity contribution in [3.8, 4) is 0 Å². The van der Waals surface area contributed by atoms with Crippen molar-refractivity contribution < 1.29 is 8.42 Å². The van der Waals surface area contributed by atoms with Gasteiger partial charge in [0.15, 0.2) is 0 Å². The molecule has 104 valence electrons. The van der Waals surface area contributed by atoms with Crippen LogP contribution in [-0.4, -0.2) is 33.3 Å². The first kappa shape index (κ1) is 12.9. The fraction of sp³-hybridized carbons (Fsp3) is 1.00. The van der Waals surface area contributed by atoms with Gasteiger partial charge in [0.2, 0.25) is 10.0 Å². The maximum atomic E-state index is 12.1. The Hall–Kier alpha value is -0.130. The van der Waals surface area contributed by atoms with Gasteiger partial charge in [0, 0.05) is 12.1 Å². The Morgan fingerprint density at radius 1 is 1.06 bits per heavy atom. The van der Waals surface area contributed by atoms with Crippen LogP contribution in [0.2, 0.25) is 0 Å². The predicted molar refractivity (Wildman–Crippen MR) is 71.8 cm³/mol. The first-order valence-corrected chi connectivity index (χ1v) is 8.82. The summed E-state index contributed by atoms with van der Waals surface area (Å²) < 4.78 is 27.3. The van der Waals surface area contributed by atoms with E-state index in [0.29, 0.717) is 6.54 Å². The van der Waals surface area contributed by atoms with Gasteiger partial charge in [-0.3, -0.25) is 0 Å². The van der Waals surface area contributed by atoms with Crippen LogP contribution in [0, 0.1) is 17.8 Å². The molecule has 0 amide bonds. The van der Waals surface area contributed by atoms with Gasteiger partial charge >= 0.3 is 0 Å². The van der Waals surface area contributed by atoms with E-state index >= 15 is 0 Å². The van der Waals surface area contributed by atoms with Crippen molar-refractivity contribution in [3.63, 3.8) is 0 Å². The molecule has 0 heterocycles. The zero-order valence-corrected chi connectivity index (χ0v) is 11.9. The smallest absolute Gasteiger partial charge is 0.213 e. The van der Waals surface area contributed by atoms with E-state index in [0.717, 1.165) is 37.0 Å². The van der Waals surface area contributed by atoms with E-state index in [9.17, 15) is 8.42 Å². The van der Waals surface area contributed by atoms with Gasteiger partial charge in [0.25, 0.3) is 0 Å². The normalized spacial score (nSPS) is 42.4.